The lowest BCUT2D eigenvalue weighted by Crippen LogP contribution is -2.12. The first-order valence-corrected chi connectivity index (χ1v) is 7.00. The molecule has 0 aliphatic heterocycles. The number of nitrogens with one attached hydrogen (secondary N) is 1. The number of aromatic nitrogens is 1. The van der Waals surface area contributed by atoms with Gasteiger partial charge >= 0.3 is 12.1 Å². The van der Waals surface area contributed by atoms with Crippen molar-refractivity contribution in [2.45, 2.75) is 6.18 Å². The summed E-state index contributed by atoms with van der Waals surface area (Å²) >= 11 is 0. The monoisotopic (exact) mass is 353 g/mol. The lowest BCUT2D eigenvalue weighted by Gasteiger charge is -2.06. The number of anilines is 1. The maximum absolute atomic E-state index is 12.4. The summed E-state index contributed by atoms with van der Waals surface area (Å²) in [5.74, 6) is 0.182. The van der Waals surface area contributed by atoms with Crippen LogP contribution in [-0.4, -0.2) is 30.9 Å². The Labute approximate surface area is 141 Å². The summed E-state index contributed by atoms with van der Waals surface area (Å²) in [6.45, 7) is -0.189. The van der Waals surface area contributed by atoms with E-state index < -0.39 is 17.7 Å². The van der Waals surface area contributed by atoms with Crippen LogP contribution >= 0.6 is 0 Å². The number of methoxy groups -OCH3 is 1. The molecule has 0 spiro atoms. The first kappa shape index (κ1) is 18.2. The minimum atomic E-state index is -4.42. The predicted molar refractivity (Wildman–Crippen MR) is 84.4 cm³/mol. The van der Waals surface area contributed by atoms with Crippen LogP contribution in [0.2, 0.25) is 0 Å². The van der Waals surface area contributed by atoms with Crippen molar-refractivity contribution in [3.8, 4) is 5.75 Å². The topological polar surface area (TPSA) is 72.8 Å². The summed E-state index contributed by atoms with van der Waals surface area (Å²) in [5.41, 5.74) is 2.42. The molecule has 1 heterocycles. The number of nitrogens with zero attached hydrogens (tertiary/aromatic N) is 2. The summed E-state index contributed by atoms with van der Waals surface area (Å²) in [6.07, 6.45) is -2.23. The van der Waals surface area contributed by atoms with Gasteiger partial charge in [-0.15, -0.1) is 0 Å². The van der Waals surface area contributed by atoms with E-state index in [0.29, 0.717) is 11.3 Å². The van der Waals surface area contributed by atoms with Crippen molar-refractivity contribution in [1.29, 1.82) is 0 Å². The predicted octanol–water partition coefficient (Wildman–Crippen LogP) is 3.10. The fraction of sp³-hybridized carbons (Fsp3) is 0.188. The van der Waals surface area contributed by atoms with Crippen LogP contribution < -0.4 is 10.2 Å². The Balaban J connectivity index is 1.88. The molecule has 0 bridgehead atoms. The molecule has 0 atom stereocenters. The maximum Gasteiger partial charge on any atom is 0.417 e. The number of esters is 1. The smallest absolute Gasteiger partial charge is 0.417 e. The minimum absolute atomic E-state index is 0.183. The molecule has 0 unspecified atom stereocenters. The second-order valence-electron chi connectivity index (χ2n) is 4.73. The van der Waals surface area contributed by atoms with Gasteiger partial charge in [0.25, 0.3) is 0 Å². The van der Waals surface area contributed by atoms with Crippen LogP contribution in [0.4, 0.5) is 19.0 Å². The number of pyridine rings is 1. The van der Waals surface area contributed by atoms with Gasteiger partial charge in [0.15, 0.2) is 6.61 Å². The molecular weight excluding hydrogens is 339 g/mol. The van der Waals surface area contributed by atoms with Crippen molar-refractivity contribution in [3.05, 3.63) is 53.7 Å². The number of hydrogen-bond donors (Lipinski definition) is 1. The Kier molecular flexibility index (Phi) is 5.93. The molecule has 0 aliphatic rings. The Hall–Kier alpha value is -3.10. The number of hydrazone groups is 1. The molecule has 25 heavy (non-hydrogen) atoms. The number of carbonyl (C=O) groups excluding carboxylic acids is 1. The van der Waals surface area contributed by atoms with E-state index in [1.54, 1.807) is 24.3 Å². The van der Waals surface area contributed by atoms with Crippen molar-refractivity contribution in [1.82, 2.24) is 4.98 Å². The highest BCUT2D eigenvalue weighted by atomic mass is 19.4. The highest BCUT2D eigenvalue weighted by Crippen LogP contribution is 2.28. The minimum Gasteiger partial charge on any atom is -0.482 e. The Morgan fingerprint density at radius 1 is 1.24 bits per heavy atom. The van der Waals surface area contributed by atoms with E-state index in [9.17, 15) is 18.0 Å². The standard InChI is InChI=1S/C16H14F3N3O3/c1-24-15(23)10-25-13-5-2-11(3-6-13)8-21-22-14-7-4-12(9-20-14)16(17,18)19/h2-9H,10H2,1H3,(H,20,22)/b21-8-. The summed E-state index contributed by atoms with van der Waals surface area (Å²) in [4.78, 5) is 14.6. The van der Waals surface area contributed by atoms with Gasteiger partial charge in [0.2, 0.25) is 0 Å². The first-order chi connectivity index (χ1) is 11.9. The van der Waals surface area contributed by atoms with Gasteiger partial charge in [-0.25, -0.2) is 9.78 Å². The Morgan fingerprint density at radius 2 is 1.96 bits per heavy atom. The highest BCUT2D eigenvalue weighted by molar-refractivity contribution is 5.80. The number of benzene rings is 1. The van der Waals surface area contributed by atoms with E-state index in [2.05, 4.69) is 20.2 Å². The molecule has 2 rings (SSSR count). The normalized spacial score (nSPS) is 11.4. The molecule has 132 valence electrons. The fourth-order valence-electron chi connectivity index (χ4n) is 1.65. The van der Waals surface area contributed by atoms with E-state index in [4.69, 9.17) is 4.74 Å². The fourth-order valence-corrected chi connectivity index (χ4v) is 1.65. The molecule has 0 amide bonds. The van der Waals surface area contributed by atoms with Crippen LogP contribution in [0.3, 0.4) is 0 Å². The maximum atomic E-state index is 12.4. The number of rotatable bonds is 6. The molecule has 9 heteroatoms. The molecule has 1 aromatic heterocycles. The number of alkyl halides is 3. The van der Waals surface area contributed by atoms with Crippen molar-refractivity contribution in [2.24, 2.45) is 5.10 Å². The molecule has 0 radical (unpaired) electrons. The summed E-state index contributed by atoms with van der Waals surface area (Å²) < 4.78 is 46.9. The highest BCUT2D eigenvalue weighted by Gasteiger charge is 2.30. The van der Waals surface area contributed by atoms with Crippen molar-refractivity contribution in [2.75, 3.05) is 19.1 Å². The molecule has 6 nitrogen and oxygen atoms in total. The van der Waals surface area contributed by atoms with E-state index >= 15 is 0 Å². The zero-order valence-corrected chi connectivity index (χ0v) is 13.1. The Bertz CT molecular complexity index is 729. The number of ether oxygens (including phenoxy) is 2. The van der Waals surface area contributed by atoms with E-state index in [1.807, 2.05) is 0 Å². The van der Waals surface area contributed by atoms with Crippen molar-refractivity contribution in [3.63, 3.8) is 0 Å². The lowest BCUT2D eigenvalue weighted by atomic mass is 10.2. The third kappa shape index (κ3) is 5.79. The van der Waals surface area contributed by atoms with Gasteiger partial charge in [-0.2, -0.15) is 18.3 Å². The third-order valence-corrected chi connectivity index (χ3v) is 2.95. The summed E-state index contributed by atoms with van der Waals surface area (Å²) in [7, 11) is 1.27. The van der Waals surface area contributed by atoms with Gasteiger partial charge < -0.3 is 9.47 Å². The molecule has 0 fully saturated rings. The van der Waals surface area contributed by atoms with Crippen LogP contribution in [0, 0.1) is 0 Å². The van der Waals surface area contributed by atoms with Crippen LogP contribution in [0.25, 0.3) is 0 Å². The number of hydrogen-bond acceptors (Lipinski definition) is 6. The van der Waals surface area contributed by atoms with Crippen molar-refractivity contribution >= 4 is 18.0 Å². The van der Waals surface area contributed by atoms with Gasteiger partial charge in [0, 0.05) is 6.20 Å². The Morgan fingerprint density at radius 3 is 2.52 bits per heavy atom. The SMILES string of the molecule is COC(=O)COc1ccc(/C=N\Nc2ccc(C(F)(F)F)cn2)cc1. The number of halogens is 3. The summed E-state index contributed by atoms with van der Waals surface area (Å²) in [6, 6.07) is 8.76. The van der Waals surface area contributed by atoms with Crippen molar-refractivity contribution < 1.29 is 27.4 Å². The van der Waals surface area contributed by atoms with E-state index in [-0.39, 0.29) is 12.4 Å². The van der Waals surface area contributed by atoms with Gasteiger partial charge in [0.1, 0.15) is 11.6 Å². The first-order valence-electron chi connectivity index (χ1n) is 7.00. The van der Waals surface area contributed by atoms with Crippen LogP contribution in [0.15, 0.2) is 47.7 Å². The average Bonchev–Trinajstić information content (AvgIpc) is 2.60. The van der Waals surface area contributed by atoms with Gasteiger partial charge in [0.05, 0.1) is 18.9 Å². The zero-order chi connectivity index (χ0) is 18.3. The van der Waals surface area contributed by atoms with Gasteiger partial charge in [-0.1, -0.05) is 0 Å². The average molecular weight is 353 g/mol. The van der Waals surface area contributed by atoms with Crippen LogP contribution in [-0.2, 0) is 15.7 Å². The molecule has 1 aromatic carbocycles. The molecular formula is C16H14F3N3O3. The quantitative estimate of drug-likeness (QED) is 0.491. The molecule has 1 N–H and O–H groups in total. The largest absolute Gasteiger partial charge is 0.482 e. The second kappa shape index (κ2) is 8.13. The molecule has 0 saturated carbocycles. The lowest BCUT2D eigenvalue weighted by molar-refractivity contribution is -0.143. The van der Waals surface area contributed by atoms with Crippen LogP contribution in [0.5, 0.6) is 5.75 Å². The van der Waals surface area contributed by atoms with E-state index in [1.165, 1.54) is 19.4 Å². The zero-order valence-electron chi connectivity index (χ0n) is 13.1. The third-order valence-electron chi connectivity index (χ3n) is 2.95. The summed E-state index contributed by atoms with van der Waals surface area (Å²) in [5, 5.41) is 3.89. The van der Waals surface area contributed by atoms with Gasteiger partial charge in [-0.05, 0) is 42.0 Å². The van der Waals surface area contributed by atoms with Gasteiger partial charge in [-0.3, -0.25) is 5.43 Å². The molecule has 0 aliphatic carbocycles. The van der Waals surface area contributed by atoms with E-state index in [0.717, 1.165) is 12.3 Å². The second-order valence-corrected chi connectivity index (χ2v) is 4.73. The number of carbonyl (C=O) groups is 1. The van der Waals surface area contributed by atoms with Crippen LogP contribution in [0.1, 0.15) is 11.1 Å². The molecule has 0 saturated heterocycles. The molecule has 2 aromatic rings.